The molecule has 1 amide bonds. The van der Waals surface area contributed by atoms with Crippen LogP contribution >= 0.6 is 0 Å². The number of benzene rings is 2. The van der Waals surface area contributed by atoms with Gasteiger partial charge in [0.25, 0.3) is 0 Å². The quantitative estimate of drug-likeness (QED) is 0.0672. The summed E-state index contributed by atoms with van der Waals surface area (Å²) >= 11 is 0. The highest BCUT2D eigenvalue weighted by molar-refractivity contribution is 6.01. The molecule has 3 aliphatic rings. The molecule has 3 atom stereocenters. The highest BCUT2D eigenvalue weighted by atomic mass is 19.1. The normalized spacial score (nSPS) is 19.9. The van der Waals surface area contributed by atoms with E-state index in [1.165, 1.54) is 0 Å². The third-order valence-corrected chi connectivity index (χ3v) is 11.2. The molecule has 0 saturated carbocycles. The number of aldehydes is 1. The first-order chi connectivity index (χ1) is 27.1. The average Bonchev–Trinajstić information content (AvgIpc) is 3.74. The van der Waals surface area contributed by atoms with Crippen LogP contribution in [0.25, 0.3) is 32.9 Å². The number of piperazine rings is 1. The summed E-state index contributed by atoms with van der Waals surface area (Å²) in [6.07, 6.45) is 10.4. The number of fused-ring (bicyclic) bond motifs is 4. The van der Waals surface area contributed by atoms with Crippen LogP contribution in [-0.4, -0.2) is 108 Å². The Balaban J connectivity index is 1.26. The Hall–Kier alpha value is -4.62. The number of aromatic nitrogens is 3. The maximum atomic E-state index is 17.4. The van der Waals surface area contributed by atoms with Gasteiger partial charge in [0, 0.05) is 44.4 Å². The smallest absolute Gasteiger partial charge is 0.410 e. The summed E-state index contributed by atoms with van der Waals surface area (Å²) in [6, 6.07) is 9.92. The fourth-order valence-corrected chi connectivity index (χ4v) is 8.64. The van der Waals surface area contributed by atoms with E-state index in [4.69, 9.17) is 33.9 Å². The van der Waals surface area contributed by atoms with E-state index in [0.29, 0.717) is 48.6 Å². The zero-order valence-corrected chi connectivity index (χ0v) is 33.4. The van der Waals surface area contributed by atoms with E-state index in [1.54, 1.807) is 13.3 Å². The number of unbranched alkanes of at least 4 members (excludes halogenated alkanes) is 3. The van der Waals surface area contributed by atoms with Crippen molar-refractivity contribution >= 4 is 39.9 Å². The third kappa shape index (κ3) is 8.53. The molecule has 2 aromatic carbocycles. The molecule has 56 heavy (non-hydrogen) atoms. The zero-order valence-electron chi connectivity index (χ0n) is 33.4. The number of anilines is 1. The van der Waals surface area contributed by atoms with Crippen LogP contribution in [0.2, 0.25) is 0 Å². The van der Waals surface area contributed by atoms with Gasteiger partial charge in [-0.25, -0.2) is 9.18 Å². The predicted molar refractivity (Wildman–Crippen MR) is 214 cm³/mol. The number of halogens is 1. The molecule has 13 heteroatoms. The number of rotatable bonds is 15. The van der Waals surface area contributed by atoms with Gasteiger partial charge in [-0.15, -0.1) is 0 Å². The lowest BCUT2D eigenvalue weighted by Gasteiger charge is -2.42. The Morgan fingerprint density at radius 2 is 1.84 bits per heavy atom. The van der Waals surface area contributed by atoms with Crippen LogP contribution in [0.5, 0.6) is 11.8 Å². The number of nitrogens with zero attached hydrogens (tertiary/aromatic N) is 6. The lowest BCUT2D eigenvalue weighted by molar-refractivity contribution is -0.107. The minimum Gasteiger partial charge on any atom is -0.468 e. The SMILES string of the molecule is CCc1cccc2cc(OCOC)cc(-c3ncc4c(N5CC6CCC(C5)N6C(=O)OC(C)(C)C)nc(OC[C@@H]5CCCN5CCCCCC=O)nc4c3F)c12. The van der Waals surface area contributed by atoms with Crippen molar-refractivity contribution in [2.45, 2.75) is 109 Å². The van der Waals surface area contributed by atoms with Crippen LogP contribution in [0.15, 0.2) is 36.5 Å². The third-order valence-electron chi connectivity index (χ3n) is 11.2. The Bertz CT molecular complexity index is 2030. The Kier molecular flexibility index (Phi) is 12.2. The second-order valence-electron chi connectivity index (χ2n) is 16.2. The van der Waals surface area contributed by atoms with E-state index < -0.39 is 11.4 Å². The number of amides is 1. The molecule has 5 heterocycles. The van der Waals surface area contributed by atoms with Gasteiger partial charge < -0.3 is 28.6 Å². The van der Waals surface area contributed by atoms with Crippen molar-refractivity contribution in [3.8, 4) is 23.0 Å². The Labute approximate surface area is 328 Å². The predicted octanol–water partition coefficient (Wildman–Crippen LogP) is 7.72. The second-order valence-corrected chi connectivity index (χ2v) is 16.2. The van der Waals surface area contributed by atoms with Gasteiger partial charge in [0.05, 0.1) is 17.5 Å². The van der Waals surface area contributed by atoms with Crippen molar-refractivity contribution in [1.29, 1.82) is 0 Å². The number of carbonyl (C=O) groups excluding carboxylic acids is 2. The maximum absolute atomic E-state index is 17.4. The molecular formula is C43H55FN6O6. The molecule has 0 spiro atoms. The number of ether oxygens (including phenoxy) is 4. The van der Waals surface area contributed by atoms with Crippen LogP contribution in [0, 0.1) is 5.82 Å². The summed E-state index contributed by atoms with van der Waals surface area (Å²) in [5, 5.41) is 2.29. The van der Waals surface area contributed by atoms with Crippen LogP contribution in [-0.2, 0) is 20.7 Å². The first kappa shape index (κ1) is 39.6. The van der Waals surface area contributed by atoms with Crippen molar-refractivity contribution in [2.75, 3.05) is 51.6 Å². The number of carbonyl (C=O) groups is 2. The van der Waals surface area contributed by atoms with Gasteiger partial charge in [-0.3, -0.25) is 14.8 Å². The molecule has 7 rings (SSSR count). The molecule has 0 radical (unpaired) electrons. The molecule has 12 nitrogen and oxygen atoms in total. The molecule has 3 aliphatic heterocycles. The molecule has 3 fully saturated rings. The molecule has 2 unspecified atom stereocenters. The van der Waals surface area contributed by atoms with Gasteiger partial charge in [0.1, 0.15) is 41.3 Å². The molecule has 2 bridgehead atoms. The van der Waals surface area contributed by atoms with E-state index in [9.17, 15) is 9.59 Å². The van der Waals surface area contributed by atoms with Crippen LogP contribution < -0.4 is 14.4 Å². The molecule has 0 aliphatic carbocycles. The van der Waals surface area contributed by atoms with Crippen LogP contribution in [0.3, 0.4) is 0 Å². The van der Waals surface area contributed by atoms with E-state index in [2.05, 4.69) is 22.8 Å². The summed E-state index contributed by atoms with van der Waals surface area (Å²) in [6.45, 7) is 11.1. The first-order valence-corrected chi connectivity index (χ1v) is 20.2. The van der Waals surface area contributed by atoms with Crippen molar-refractivity contribution < 1.29 is 32.9 Å². The van der Waals surface area contributed by atoms with Crippen molar-refractivity contribution in [3.63, 3.8) is 0 Å². The first-order valence-electron chi connectivity index (χ1n) is 20.2. The molecule has 0 N–H and O–H groups in total. The van der Waals surface area contributed by atoms with Gasteiger partial charge in [0.2, 0.25) is 0 Å². The van der Waals surface area contributed by atoms with Gasteiger partial charge in [-0.05, 0) is 107 Å². The second kappa shape index (κ2) is 17.3. The molecule has 4 aromatic rings. The monoisotopic (exact) mass is 770 g/mol. The Morgan fingerprint density at radius 1 is 1.04 bits per heavy atom. The fraction of sp³-hybridized carbons (Fsp3) is 0.558. The van der Waals surface area contributed by atoms with Crippen LogP contribution in [0.4, 0.5) is 15.0 Å². The molecule has 300 valence electrons. The molecule has 3 saturated heterocycles. The summed E-state index contributed by atoms with van der Waals surface area (Å²) in [5.74, 6) is 0.512. The molecule has 2 aromatic heterocycles. The number of likely N-dealkylation sites (tertiary alicyclic amines) is 1. The standard InChI is InChI=1S/C43H55FN6O6/c1-6-28-13-11-14-29-21-33(55-27-53-5)22-34(36(28)29)38-37(44)39-35(23-45-38)40(49-24-30-16-17-31(25-49)50(30)42(52)56-43(2,3)4)47-41(46-39)54-26-32-15-12-19-48(32)18-9-7-8-10-20-51/h11,13-14,20-23,30-32H,6-10,12,15-19,24-27H2,1-5H3/t30?,31?,32-/m0/s1. The highest BCUT2D eigenvalue weighted by Gasteiger charge is 2.45. The zero-order chi connectivity index (χ0) is 39.4. The lowest BCUT2D eigenvalue weighted by atomic mass is 9.95. The van der Waals surface area contributed by atoms with Gasteiger partial charge in [-0.1, -0.05) is 31.5 Å². The minimum atomic E-state index is -0.604. The number of hydrogen-bond acceptors (Lipinski definition) is 11. The van der Waals surface area contributed by atoms with E-state index in [1.807, 2.05) is 49.9 Å². The van der Waals surface area contributed by atoms with Gasteiger partial charge in [-0.2, -0.15) is 9.97 Å². The number of pyridine rings is 1. The van der Waals surface area contributed by atoms with E-state index >= 15 is 4.39 Å². The van der Waals surface area contributed by atoms with E-state index in [0.717, 1.165) is 87.1 Å². The minimum absolute atomic E-state index is 0.0467. The number of methoxy groups -OCH3 is 1. The summed E-state index contributed by atoms with van der Waals surface area (Å²) in [5.41, 5.74) is 1.35. The maximum Gasteiger partial charge on any atom is 0.410 e. The van der Waals surface area contributed by atoms with Gasteiger partial charge >= 0.3 is 12.1 Å². The van der Waals surface area contributed by atoms with Crippen molar-refractivity contribution in [1.82, 2.24) is 24.8 Å². The lowest BCUT2D eigenvalue weighted by Crippen LogP contribution is -2.57. The summed E-state index contributed by atoms with van der Waals surface area (Å²) in [4.78, 5) is 45.1. The van der Waals surface area contributed by atoms with Gasteiger partial charge in [0.15, 0.2) is 12.6 Å². The Morgan fingerprint density at radius 3 is 2.57 bits per heavy atom. The number of aryl methyl sites for hydroxylation is 1. The largest absolute Gasteiger partial charge is 0.468 e. The highest BCUT2D eigenvalue weighted by Crippen LogP contribution is 2.40. The van der Waals surface area contributed by atoms with Crippen LogP contribution in [0.1, 0.15) is 84.6 Å². The van der Waals surface area contributed by atoms with E-state index in [-0.39, 0.29) is 48.2 Å². The fourth-order valence-electron chi connectivity index (χ4n) is 8.64. The summed E-state index contributed by atoms with van der Waals surface area (Å²) in [7, 11) is 1.56. The molecular weight excluding hydrogens is 716 g/mol. The van der Waals surface area contributed by atoms with Crippen molar-refractivity contribution in [2.24, 2.45) is 0 Å². The summed E-state index contributed by atoms with van der Waals surface area (Å²) < 4.78 is 40.6. The number of hydrogen-bond donors (Lipinski definition) is 0. The average molecular weight is 771 g/mol. The topological polar surface area (TPSA) is 119 Å². The van der Waals surface area contributed by atoms with Crippen molar-refractivity contribution in [3.05, 3.63) is 47.9 Å².